The Kier molecular flexibility index (Phi) is 5.21. The highest BCUT2D eigenvalue weighted by Crippen LogP contribution is 2.09. The maximum atomic E-state index is 11.5. The Morgan fingerprint density at radius 2 is 1.71 bits per heavy atom. The van der Waals surface area contributed by atoms with Crippen LogP contribution in [0.4, 0.5) is 0 Å². The fourth-order valence-corrected chi connectivity index (χ4v) is 1.06. The van der Waals surface area contributed by atoms with Crippen molar-refractivity contribution in [3.8, 4) is 12.3 Å². The summed E-state index contributed by atoms with van der Waals surface area (Å²) in [5.74, 6) is 1.82. The van der Waals surface area contributed by atoms with Crippen LogP contribution in [0.15, 0.2) is 0 Å². The van der Waals surface area contributed by atoms with Crippen molar-refractivity contribution in [2.45, 2.75) is 58.6 Å². The van der Waals surface area contributed by atoms with Crippen molar-refractivity contribution in [2.24, 2.45) is 0 Å². The first-order chi connectivity index (χ1) is 7.56. The van der Waals surface area contributed by atoms with Gasteiger partial charge in [0, 0.05) is 6.42 Å². The molecule has 0 aliphatic rings. The third kappa shape index (κ3) is 8.32. The predicted molar refractivity (Wildman–Crippen MR) is 66.1 cm³/mol. The molecule has 4 heteroatoms. The second kappa shape index (κ2) is 5.72. The molecule has 0 spiro atoms. The summed E-state index contributed by atoms with van der Waals surface area (Å²) in [4.78, 5) is 22.8. The van der Waals surface area contributed by atoms with Crippen LogP contribution in [0.1, 0.15) is 47.5 Å². The van der Waals surface area contributed by atoms with Gasteiger partial charge >= 0.3 is 5.97 Å². The van der Waals surface area contributed by atoms with E-state index >= 15 is 0 Å². The van der Waals surface area contributed by atoms with E-state index in [-0.39, 0.29) is 24.7 Å². The molecule has 0 heterocycles. The minimum atomic E-state index is -0.689. The molecular formula is C13H21NO3. The summed E-state index contributed by atoms with van der Waals surface area (Å²) in [6.07, 6.45) is 5.38. The van der Waals surface area contributed by atoms with Gasteiger partial charge in [0.2, 0.25) is 5.91 Å². The Morgan fingerprint density at radius 3 is 2.12 bits per heavy atom. The molecule has 0 aliphatic heterocycles. The number of ether oxygens (including phenoxy) is 1. The smallest absolute Gasteiger partial charge is 0.306 e. The van der Waals surface area contributed by atoms with Crippen molar-refractivity contribution in [1.29, 1.82) is 0 Å². The van der Waals surface area contributed by atoms with E-state index in [1.54, 1.807) is 34.6 Å². The van der Waals surface area contributed by atoms with Gasteiger partial charge in [0.25, 0.3) is 0 Å². The molecule has 0 saturated carbocycles. The summed E-state index contributed by atoms with van der Waals surface area (Å²) in [7, 11) is 0. The van der Waals surface area contributed by atoms with Crippen LogP contribution in [-0.2, 0) is 14.3 Å². The highest BCUT2D eigenvalue weighted by Gasteiger charge is 2.20. The van der Waals surface area contributed by atoms with Gasteiger partial charge in [0.1, 0.15) is 5.60 Å². The standard InChI is InChI=1S/C13H21NO3/c1-7-13(5,6)14-10(15)8-9-11(16)17-12(2,3)4/h1H,8-9H2,2-6H3,(H,14,15). The first-order valence-electron chi connectivity index (χ1n) is 5.56. The van der Waals surface area contributed by atoms with Crippen molar-refractivity contribution in [3.63, 3.8) is 0 Å². The lowest BCUT2D eigenvalue weighted by Gasteiger charge is -2.21. The highest BCUT2D eigenvalue weighted by atomic mass is 16.6. The Morgan fingerprint density at radius 1 is 1.18 bits per heavy atom. The monoisotopic (exact) mass is 239 g/mol. The summed E-state index contributed by atoms with van der Waals surface area (Å²) in [5, 5.41) is 2.64. The van der Waals surface area contributed by atoms with Crippen LogP contribution in [0.2, 0.25) is 0 Å². The molecule has 0 unspecified atom stereocenters. The molecule has 0 aromatic rings. The molecule has 96 valence electrons. The van der Waals surface area contributed by atoms with Gasteiger partial charge in [-0.1, -0.05) is 5.92 Å². The molecule has 1 amide bonds. The minimum Gasteiger partial charge on any atom is -0.460 e. The zero-order chi connectivity index (χ0) is 13.7. The molecule has 0 saturated heterocycles. The number of terminal acetylenes is 1. The fraction of sp³-hybridized carbons (Fsp3) is 0.692. The van der Waals surface area contributed by atoms with Crippen molar-refractivity contribution in [3.05, 3.63) is 0 Å². The van der Waals surface area contributed by atoms with E-state index in [1.807, 2.05) is 0 Å². The van der Waals surface area contributed by atoms with Crippen LogP contribution in [-0.4, -0.2) is 23.0 Å². The van der Waals surface area contributed by atoms with Crippen LogP contribution in [0.5, 0.6) is 0 Å². The lowest BCUT2D eigenvalue weighted by atomic mass is 10.1. The van der Waals surface area contributed by atoms with Crippen LogP contribution < -0.4 is 5.32 Å². The quantitative estimate of drug-likeness (QED) is 0.599. The normalized spacial score (nSPS) is 11.5. The van der Waals surface area contributed by atoms with E-state index in [4.69, 9.17) is 11.2 Å². The number of hydrogen-bond donors (Lipinski definition) is 1. The van der Waals surface area contributed by atoms with Gasteiger partial charge in [-0.25, -0.2) is 0 Å². The number of carbonyl (C=O) groups excluding carboxylic acids is 2. The number of nitrogens with one attached hydrogen (secondary N) is 1. The van der Waals surface area contributed by atoms with Gasteiger partial charge < -0.3 is 10.1 Å². The van der Waals surface area contributed by atoms with E-state index in [9.17, 15) is 9.59 Å². The zero-order valence-electron chi connectivity index (χ0n) is 11.2. The molecule has 0 radical (unpaired) electrons. The first kappa shape index (κ1) is 15.5. The SMILES string of the molecule is C#CC(C)(C)NC(=O)CCC(=O)OC(C)(C)C. The van der Waals surface area contributed by atoms with Crippen molar-refractivity contribution >= 4 is 11.9 Å². The van der Waals surface area contributed by atoms with E-state index in [0.29, 0.717) is 0 Å². The van der Waals surface area contributed by atoms with E-state index in [2.05, 4.69) is 11.2 Å². The lowest BCUT2D eigenvalue weighted by molar-refractivity contribution is -0.155. The minimum absolute atomic E-state index is 0.0593. The number of carbonyl (C=O) groups is 2. The lowest BCUT2D eigenvalue weighted by Crippen LogP contribution is -2.42. The molecule has 0 atom stereocenters. The average Bonchev–Trinajstić information content (AvgIpc) is 2.11. The van der Waals surface area contributed by atoms with E-state index < -0.39 is 11.1 Å². The zero-order valence-corrected chi connectivity index (χ0v) is 11.2. The molecule has 0 bridgehead atoms. The van der Waals surface area contributed by atoms with Crippen molar-refractivity contribution in [2.75, 3.05) is 0 Å². The Balaban J connectivity index is 4.03. The maximum Gasteiger partial charge on any atom is 0.306 e. The van der Waals surface area contributed by atoms with E-state index in [1.165, 1.54) is 0 Å². The van der Waals surface area contributed by atoms with E-state index in [0.717, 1.165) is 0 Å². The molecule has 0 fully saturated rings. The van der Waals surface area contributed by atoms with Gasteiger partial charge in [-0.3, -0.25) is 9.59 Å². The maximum absolute atomic E-state index is 11.5. The molecule has 17 heavy (non-hydrogen) atoms. The third-order valence-corrected chi connectivity index (χ3v) is 1.79. The summed E-state index contributed by atoms with van der Waals surface area (Å²) >= 11 is 0. The van der Waals surface area contributed by atoms with Crippen LogP contribution in [0.25, 0.3) is 0 Å². The van der Waals surface area contributed by atoms with Gasteiger partial charge in [-0.15, -0.1) is 6.42 Å². The number of esters is 1. The molecule has 0 rings (SSSR count). The molecule has 0 aliphatic carbocycles. The predicted octanol–water partition coefficient (Wildman–Crippen LogP) is 1.64. The van der Waals surface area contributed by atoms with Crippen LogP contribution >= 0.6 is 0 Å². The van der Waals surface area contributed by atoms with Crippen LogP contribution in [0, 0.1) is 12.3 Å². The first-order valence-corrected chi connectivity index (χ1v) is 5.56. The average molecular weight is 239 g/mol. The molecule has 0 aromatic heterocycles. The summed E-state index contributed by atoms with van der Waals surface area (Å²) < 4.78 is 5.09. The Labute approximate surface area is 103 Å². The molecule has 4 nitrogen and oxygen atoms in total. The summed E-state index contributed by atoms with van der Waals surface area (Å²) in [6.45, 7) is 8.79. The van der Waals surface area contributed by atoms with Gasteiger partial charge in [-0.2, -0.15) is 0 Å². The van der Waals surface area contributed by atoms with Crippen LogP contribution in [0.3, 0.4) is 0 Å². The molecule has 1 N–H and O–H groups in total. The van der Waals surface area contributed by atoms with Crippen molar-refractivity contribution in [1.82, 2.24) is 5.32 Å². The Hall–Kier alpha value is -1.50. The van der Waals surface area contributed by atoms with Crippen molar-refractivity contribution < 1.29 is 14.3 Å². The number of hydrogen-bond acceptors (Lipinski definition) is 3. The van der Waals surface area contributed by atoms with Gasteiger partial charge in [0.15, 0.2) is 0 Å². The second-order valence-electron chi connectivity index (χ2n) is 5.40. The Bertz CT molecular complexity index is 332. The van der Waals surface area contributed by atoms with Gasteiger partial charge in [-0.05, 0) is 34.6 Å². The fourth-order valence-electron chi connectivity index (χ4n) is 1.06. The highest BCUT2D eigenvalue weighted by molar-refractivity contribution is 5.82. The second-order valence-corrected chi connectivity index (χ2v) is 5.40. The third-order valence-electron chi connectivity index (χ3n) is 1.79. The summed E-state index contributed by atoms with van der Waals surface area (Å²) in [6, 6.07) is 0. The number of rotatable bonds is 4. The largest absolute Gasteiger partial charge is 0.460 e. The molecular weight excluding hydrogens is 218 g/mol. The molecule has 0 aromatic carbocycles. The topological polar surface area (TPSA) is 55.4 Å². The van der Waals surface area contributed by atoms with Gasteiger partial charge in [0.05, 0.1) is 12.0 Å². The number of amides is 1. The summed E-state index contributed by atoms with van der Waals surface area (Å²) in [5.41, 5.74) is -1.21.